The molecule has 1 atom stereocenters. The minimum atomic E-state index is -4.58. The van der Waals surface area contributed by atoms with Gasteiger partial charge in [0.1, 0.15) is 0 Å². The van der Waals surface area contributed by atoms with E-state index in [-0.39, 0.29) is 0 Å². The molecule has 1 heterocycles. The van der Waals surface area contributed by atoms with E-state index >= 15 is 0 Å². The molecule has 1 unspecified atom stereocenters. The van der Waals surface area contributed by atoms with Crippen molar-refractivity contribution in [1.82, 2.24) is 4.98 Å². The summed E-state index contributed by atoms with van der Waals surface area (Å²) < 4.78 is 67.2. The Kier molecular flexibility index (Phi) is 5.02. The second kappa shape index (κ2) is 5.80. The van der Waals surface area contributed by atoms with E-state index in [2.05, 4.69) is 24.5 Å². The summed E-state index contributed by atoms with van der Waals surface area (Å²) in [5.41, 5.74) is 0. The summed E-state index contributed by atoms with van der Waals surface area (Å²) in [6, 6.07) is 2.70. The van der Waals surface area contributed by atoms with Gasteiger partial charge in [0.2, 0.25) is 0 Å². The van der Waals surface area contributed by atoms with Gasteiger partial charge in [-0.15, -0.1) is 0 Å². The van der Waals surface area contributed by atoms with Crippen LogP contribution in [0.1, 0.15) is 0 Å². The third-order valence-electron chi connectivity index (χ3n) is 2.30. The Morgan fingerprint density at radius 1 is 1.16 bits per heavy atom. The molecule has 0 aliphatic carbocycles. The predicted octanol–water partition coefficient (Wildman–Crippen LogP) is 3.20. The van der Waals surface area contributed by atoms with E-state index in [9.17, 15) is 22.0 Å². The van der Waals surface area contributed by atoms with Crippen LogP contribution in [0, 0.1) is 0 Å². The predicted molar refractivity (Wildman–Crippen MR) is 63.7 cm³/mol. The molecule has 0 N–H and O–H groups in total. The number of aromatic nitrogens is 1. The van der Waals surface area contributed by atoms with E-state index in [1.807, 2.05) is 0 Å². The van der Waals surface area contributed by atoms with Crippen LogP contribution in [0.4, 0.5) is 22.0 Å². The molecule has 0 amide bonds. The van der Waals surface area contributed by atoms with Gasteiger partial charge in [-0.3, -0.25) is 0 Å². The van der Waals surface area contributed by atoms with Crippen molar-refractivity contribution in [2.24, 2.45) is 0 Å². The quantitative estimate of drug-likeness (QED) is 0.570. The Hall–Kier alpha value is -0.601. The Bertz CT molecular complexity index is 418. The fourth-order valence-electron chi connectivity index (χ4n) is 1.24. The van der Waals surface area contributed by atoms with Crippen molar-refractivity contribution in [1.29, 1.82) is 0 Å². The van der Waals surface area contributed by atoms with Gasteiger partial charge in [-0.05, 0) is 0 Å². The molecule has 0 saturated heterocycles. The van der Waals surface area contributed by atoms with Gasteiger partial charge in [0, 0.05) is 0 Å². The van der Waals surface area contributed by atoms with E-state index in [1.165, 1.54) is 12.1 Å². The third kappa shape index (κ3) is 4.46. The zero-order valence-electron chi connectivity index (χ0n) is 10.6. The first kappa shape index (κ1) is 16.5. The summed E-state index contributed by atoms with van der Waals surface area (Å²) in [6.45, 7) is 0. The first-order valence-electron chi connectivity index (χ1n) is 5.49. The van der Waals surface area contributed by atoms with Crippen LogP contribution < -0.4 is 8.45 Å². The summed E-state index contributed by atoms with van der Waals surface area (Å²) in [5.74, 6) is -0.437. The standard InChI is InChI=1S/C8H5F5NO.3CH3.Sn/c9-6(7(10)11)8(12,13)15-5-2-1-3-14-4-5;;;;/h1-2,4,6-7H;3*1H3;. The van der Waals surface area contributed by atoms with Crippen molar-refractivity contribution in [2.75, 3.05) is 0 Å². The van der Waals surface area contributed by atoms with Crippen molar-refractivity contribution in [3.8, 4) is 5.75 Å². The average molecular weight is 390 g/mol. The zero-order chi connectivity index (χ0) is 14.8. The second-order valence-electron chi connectivity index (χ2n) is 5.03. The molecule has 8 heteroatoms. The Balaban J connectivity index is 2.83. The summed E-state index contributed by atoms with van der Waals surface area (Å²) in [5, 5.41) is 0. The van der Waals surface area contributed by atoms with Crippen LogP contribution in [-0.2, 0) is 0 Å². The van der Waals surface area contributed by atoms with Crippen molar-refractivity contribution in [3.05, 3.63) is 18.3 Å². The number of hydrogen-bond donors (Lipinski definition) is 0. The number of ether oxygens (including phenoxy) is 1. The topological polar surface area (TPSA) is 22.1 Å². The second-order valence-corrected chi connectivity index (χ2v) is 19.3. The number of alkyl halides is 5. The van der Waals surface area contributed by atoms with Gasteiger partial charge >= 0.3 is 111 Å². The Morgan fingerprint density at radius 2 is 1.74 bits per heavy atom. The van der Waals surface area contributed by atoms with Gasteiger partial charge in [0.05, 0.1) is 0 Å². The van der Waals surface area contributed by atoms with E-state index in [0.29, 0.717) is 0 Å². The van der Waals surface area contributed by atoms with Crippen molar-refractivity contribution >= 4 is 22.1 Å². The molecule has 0 radical (unpaired) electrons. The van der Waals surface area contributed by atoms with Crippen LogP contribution in [0.25, 0.3) is 0 Å². The van der Waals surface area contributed by atoms with Crippen LogP contribution in [0.5, 0.6) is 5.75 Å². The molecule has 1 rings (SSSR count). The molecule has 1 aromatic heterocycles. The summed E-state index contributed by atoms with van der Waals surface area (Å²) in [4.78, 5) is 10.2. The summed E-state index contributed by atoms with van der Waals surface area (Å²) in [6.07, 6.45) is -11.1. The van der Waals surface area contributed by atoms with Gasteiger partial charge in [-0.2, -0.15) is 0 Å². The number of rotatable bonds is 5. The molecule has 0 spiro atoms. The molecule has 0 aromatic carbocycles. The van der Waals surface area contributed by atoms with Crippen molar-refractivity contribution < 1.29 is 26.7 Å². The summed E-state index contributed by atoms with van der Waals surface area (Å²) in [7, 11) is 0. The number of pyridine rings is 1. The van der Waals surface area contributed by atoms with E-state index in [0.717, 1.165) is 9.91 Å². The Morgan fingerprint density at radius 3 is 2.11 bits per heavy atom. The first-order valence-corrected chi connectivity index (χ1v) is 15.5. The number of halogens is 5. The SMILES string of the molecule is [CH3][Sn]([CH3])([CH3])[c]1ccc(OC(F)(F)C(F)C(F)F)cn1. The van der Waals surface area contributed by atoms with Crippen LogP contribution >= 0.6 is 0 Å². The molecular weight excluding hydrogens is 376 g/mol. The maximum absolute atomic E-state index is 13.0. The fraction of sp³-hybridized carbons (Fsp3) is 0.545. The van der Waals surface area contributed by atoms with Crippen molar-refractivity contribution in [2.45, 2.75) is 33.5 Å². The molecule has 0 aliphatic heterocycles. The molecule has 0 fully saturated rings. The van der Waals surface area contributed by atoms with Gasteiger partial charge in [-0.1, -0.05) is 0 Å². The first-order chi connectivity index (χ1) is 8.54. The summed E-state index contributed by atoms with van der Waals surface area (Å²) >= 11 is -2.42. The van der Waals surface area contributed by atoms with E-state index in [1.54, 1.807) is 0 Å². The van der Waals surface area contributed by atoms with E-state index in [4.69, 9.17) is 0 Å². The van der Waals surface area contributed by atoms with Gasteiger partial charge < -0.3 is 0 Å². The normalized spacial score (nSPS) is 14.6. The van der Waals surface area contributed by atoms with Crippen LogP contribution in [0.3, 0.4) is 0 Å². The maximum atomic E-state index is 13.0. The van der Waals surface area contributed by atoms with Crippen LogP contribution in [-0.4, -0.2) is 42.1 Å². The molecule has 19 heavy (non-hydrogen) atoms. The molecule has 0 saturated carbocycles. The molecule has 0 aliphatic rings. The zero-order valence-corrected chi connectivity index (χ0v) is 13.5. The minimum absolute atomic E-state index is 0.437. The van der Waals surface area contributed by atoms with Crippen molar-refractivity contribution in [3.63, 3.8) is 0 Å². The Labute approximate surface area is 111 Å². The molecule has 1 aromatic rings. The van der Waals surface area contributed by atoms with E-state index < -0.39 is 42.8 Å². The average Bonchev–Trinajstić information content (AvgIpc) is 2.26. The number of hydrogen-bond acceptors (Lipinski definition) is 2. The van der Waals surface area contributed by atoms with Gasteiger partial charge in [0.25, 0.3) is 0 Å². The van der Waals surface area contributed by atoms with Crippen LogP contribution in [0.15, 0.2) is 18.3 Å². The molecule has 0 bridgehead atoms. The van der Waals surface area contributed by atoms with Gasteiger partial charge in [-0.25, -0.2) is 0 Å². The van der Waals surface area contributed by atoms with Crippen LogP contribution in [0.2, 0.25) is 14.8 Å². The fourth-order valence-corrected chi connectivity index (χ4v) is 4.20. The molecule has 108 valence electrons. The third-order valence-corrected chi connectivity index (χ3v) is 7.53. The molecule has 2 nitrogen and oxygen atoms in total. The monoisotopic (exact) mass is 391 g/mol. The van der Waals surface area contributed by atoms with Gasteiger partial charge in [0.15, 0.2) is 0 Å². The molecular formula is C11H14F5NOSn. The number of nitrogens with zero attached hydrogens (tertiary/aromatic N) is 1.